The predicted molar refractivity (Wildman–Crippen MR) is 212 cm³/mol. The van der Waals surface area contributed by atoms with Crippen LogP contribution in [0.15, 0.2) is 200 Å². The van der Waals surface area contributed by atoms with Gasteiger partial charge in [0.2, 0.25) is 0 Å². The topological polar surface area (TPSA) is 12.9 Å². The monoisotopic (exact) mass is 635 g/mol. The highest BCUT2D eigenvalue weighted by molar-refractivity contribution is 6.13. The van der Waals surface area contributed by atoms with E-state index in [2.05, 4.69) is 200 Å². The third-order valence-corrected chi connectivity index (χ3v) is 9.64. The van der Waals surface area contributed by atoms with Crippen molar-refractivity contribution in [3.63, 3.8) is 0 Å². The molecule has 0 saturated carbocycles. The van der Waals surface area contributed by atoms with Crippen molar-refractivity contribution in [2.75, 3.05) is 0 Å². The Bertz CT molecular complexity index is 2610. The van der Waals surface area contributed by atoms with E-state index in [1.54, 1.807) is 0 Å². The van der Waals surface area contributed by atoms with E-state index < -0.39 is 0 Å². The molecule has 1 heterocycles. The number of benzene rings is 8. The molecule has 0 aliphatic rings. The van der Waals surface area contributed by atoms with Crippen molar-refractivity contribution in [3.05, 3.63) is 200 Å². The number of fused-ring (bicyclic) bond motifs is 3. The second kappa shape index (κ2) is 12.8. The maximum Gasteiger partial charge on any atom is 0.0722 e. The van der Waals surface area contributed by atoms with Gasteiger partial charge in [0.15, 0.2) is 0 Å². The summed E-state index contributed by atoms with van der Waals surface area (Å²) >= 11 is 0. The quantitative estimate of drug-likeness (QED) is 0.166. The molecule has 0 bridgehead atoms. The van der Waals surface area contributed by atoms with Crippen molar-refractivity contribution >= 4 is 21.5 Å². The summed E-state index contributed by atoms with van der Waals surface area (Å²) in [7, 11) is 0. The molecule has 1 aromatic heterocycles. The zero-order valence-electron chi connectivity index (χ0n) is 27.5. The molecule has 0 aliphatic carbocycles. The molecule has 0 atom stereocenters. The van der Waals surface area contributed by atoms with Gasteiger partial charge < -0.3 is 0 Å². The maximum atomic E-state index is 5.36. The van der Waals surface area contributed by atoms with Crippen molar-refractivity contribution in [1.82, 2.24) is 4.98 Å². The Hall–Kier alpha value is -6.57. The fourth-order valence-corrected chi connectivity index (χ4v) is 7.10. The maximum absolute atomic E-state index is 5.36. The highest BCUT2D eigenvalue weighted by Crippen LogP contribution is 2.39. The summed E-state index contributed by atoms with van der Waals surface area (Å²) in [6.07, 6.45) is 0. The summed E-state index contributed by atoms with van der Waals surface area (Å²) in [4.78, 5) is 5.36. The number of pyridine rings is 1. The lowest BCUT2D eigenvalue weighted by molar-refractivity contribution is 1.33. The molecule has 0 amide bonds. The van der Waals surface area contributed by atoms with Crippen molar-refractivity contribution in [3.8, 4) is 67.0 Å². The molecule has 0 aliphatic heterocycles. The van der Waals surface area contributed by atoms with Gasteiger partial charge in [0.25, 0.3) is 0 Å². The largest absolute Gasteiger partial charge is 0.248 e. The highest BCUT2D eigenvalue weighted by Gasteiger charge is 2.15. The molecule has 0 radical (unpaired) electrons. The molecular formula is C49H33N. The van der Waals surface area contributed by atoms with E-state index in [0.717, 1.165) is 33.6 Å². The summed E-state index contributed by atoms with van der Waals surface area (Å²) in [6.45, 7) is 0. The van der Waals surface area contributed by atoms with E-state index >= 15 is 0 Å². The number of hydrogen-bond donors (Lipinski definition) is 0. The van der Waals surface area contributed by atoms with Crippen molar-refractivity contribution in [2.45, 2.75) is 0 Å². The summed E-state index contributed by atoms with van der Waals surface area (Å²) in [5.74, 6) is 0. The summed E-state index contributed by atoms with van der Waals surface area (Å²) in [6, 6.07) is 71.8. The number of aromatic nitrogens is 1. The summed E-state index contributed by atoms with van der Waals surface area (Å²) in [5, 5.41) is 4.90. The Morgan fingerprint density at radius 3 is 1.26 bits per heavy atom. The third kappa shape index (κ3) is 5.66. The second-order valence-electron chi connectivity index (χ2n) is 12.8. The minimum atomic E-state index is 0.953. The predicted octanol–water partition coefficient (Wildman–Crippen LogP) is 13.4. The van der Waals surface area contributed by atoms with Crippen LogP contribution in [0.25, 0.3) is 88.6 Å². The van der Waals surface area contributed by atoms with E-state index in [9.17, 15) is 0 Å². The number of rotatable bonds is 6. The fourth-order valence-electron chi connectivity index (χ4n) is 7.10. The van der Waals surface area contributed by atoms with Gasteiger partial charge in [-0.3, -0.25) is 0 Å². The molecule has 234 valence electrons. The molecule has 9 rings (SSSR count). The molecule has 9 aromatic rings. The van der Waals surface area contributed by atoms with Crippen molar-refractivity contribution in [1.29, 1.82) is 0 Å². The standard InChI is InChI=1S/C49H33N/c1-4-14-34(15-5-1)36-24-26-37(27-25-36)41-28-40(35-16-6-2-7-17-35)29-42(30-41)43-32-48(38-18-8-3-9-19-38)50-49(33-43)47-31-39-20-10-11-21-44(39)45-22-12-13-23-46(45)47/h1-33H. The van der Waals surface area contributed by atoms with Crippen molar-refractivity contribution in [2.24, 2.45) is 0 Å². The van der Waals surface area contributed by atoms with Crippen molar-refractivity contribution < 1.29 is 0 Å². The van der Waals surface area contributed by atoms with Crippen LogP contribution in [-0.2, 0) is 0 Å². The van der Waals surface area contributed by atoms with E-state index in [1.165, 1.54) is 54.9 Å². The van der Waals surface area contributed by atoms with Gasteiger partial charge in [-0.25, -0.2) is 4.98 Å². The fraction of sp³-hybridized carbons (Fsp3) is 0. The Balaban J connectivity index is 1.26. The van der Waals surface area contributed by atoms with Gasteiger partial charge in [-0.05, 0) is 102 Å². The highest BCUT2D eigenvalue weighted by atomic mass is 14.7. The van der Waals surface area contributed by atoms with Crippen LogP contribution < -0.4 is 0 Å². The van der Waals surface area contributed by atoms with E-state index in [4.69, 9.17) is 4.98 Å². The first-order valence-corrected chi connectivity index (χ1v) is 17.1. The van der Waals surface area contributed by atoms with Gasteiger partial charge in [0, 0.05) is 11.1 Å². The molecule has 1 nitrogen and oxygen atoms in total. The van der Waals surface area contributed by atoms with Gasteiger partial charge >= 0.3 is 0 Å². The first kappa shape index (κ1) is 29.6. The Labute approximate surface area is 292 Å². The molecule has 0 N–H and O–H groups in total. The zero-order valence-corrected chi connectivity index (χ0v) is 27.5. The van der Waals surface area contributed by atoms with E-state index in [-0.39, 0.29) is 0 Å². The lowest BCUT2D eigenvalue weighted by Gasteiger charge is -2.16. The third-order valence-electron chi connectivity index (χ3n) is 9.64. The van der Waals surface area contributed by atoms with Gasteiger partial charge in [0.05, 0.1) is 11.4 Å². The molecule has 0 fully saturated rings. The smallest absolute Gasteiger partial charge is 0.0722 e. The first-order chi connectivity index (χ1) is 24.8. The minimum Gasteiger partial charge on any atom is -0.248 e. The lowest BCUT2D eigenvalue weighted by Crippen LogP contribution is -1.93. The Kier molecular flexibility index (Phi) is 7.57. The minimum absolute atomic E-state index is 0.953. The van der Waals surface area contributed by atoms with Crippen LogP contribution in [0, 0.1) is 0 Å². The van der Waals surface area contributed by atoms with Crippen LogP contribution in [0.2, 0.25) is 0 Å². The SMILES string of the molecule is c1ccc(-c2ccc(-c3cc(-c4ccccc4)cc(-c4cc(-c5ccccc5)nc(-c5cc6ccccc6c6ccccc56)c4)c3)cc2)cc1. The normalized spacial score (nSPS) is 11.2. The summed E-state index contributed by atoms with van der Waals surface area (Å²) in [5.41, 5.74) is 13.6. The molecule has 1 heteroatoms. The second-order valence-corrected chi connectivity index (χ2v) is 12.8. The zero-order chi connectivity index (χ0) is 33.3. The van der Waals surface area contributed by atoms with Gasteiger partial charge in [-0.1, -0.05) is 164 Å². The van der Waals surface area contributed by atoms with Crippen LogP contribution in [0.1, 0.15) is 0 Å². The molecule has 50 heavy (non-hydrogen) atoms. The molecular weight excluding hydrogens is 603 g/mol. The van der Waals surface area contributed by atoms with Crippen LogP contribution in [0.4, 0.5) is 0 Å². The average Bonchev–Trinajstić information content (AvgIpc) is 3.21. The van der Waals surface area contributed by atoms with Gasteiger partial charge in [-0.2, -0.15) is 0 Å². The Morgan fingerprint density at radius 2 is 0.640 bits per heavy atom. The number of nitrogens with zero attached hydrogens (tertiary/aromatic N) is 1. The molecule has 0 saturated heterocycles. The van der Waals surface area contributed by atoms with E-state index in [0.29, 0.717) is 0 Å². The average molecular weight is 636 g/mol. The Morgan fingerprint density at radius 1 is 0.240 bits per heavy atom. The van der Waals surface area contributed by atoms with Crippen LogP contribution in [0.5, 0.6) is 0 Å². The first-order valence-electron chi connectivity index (χ1n) is 17.1. The lowest BCUT2D eigenvalue weighted by atomic mass is 9.91. The van der Waals surface area contributed by atoms with Gasteiger partial charge in [-0.15, -0.1) is 0 Å². The molecule has 0 unspecified atom stereocenters. The number of hydrogen-bond acceptors (Lipinski definition) is 1. The van der Waals surface area contributed by atoms with E-state index in [1.807, 2.05) is 0 Å². The van der Waals surface area contributed by atoms with Crippen LogP contribution in [0.3, 0.4) is 0 Å². The molecule has 8 aromatic carbocycles. The van der Waals surface area contributed by atoms with Crippen LogP contribution >= 0.6 is 0 Å². The van der Waals surface area contributed by atoms with Gasteiger partial charge in [0.1, 0.15) is 0 Å². The van der Waals surface area contributed by atoms with Crippen LogP contribution in [-0.4, -0.2) is 4.98 Å². The molecule has 0 spiro atoms. The summed E-state index contributed by atoms with van der Waals surface area (Å²) < 4.78 is 0.